The van der Waals surface area contributed by atoms with Gasteiger partial charge in [-0.25, -0.2) is 9.97 Å². The molecule has 1 aliphatic carbocycles. The summed E-state index contributed by atoms with van der Waals surface area (Å²) < 4.78 is 0. The minimum absolute atomic E-state index is 0.579. The number of aromatic nitrogens is 2. The van der Waals surface area contributed by atoms with E-state index in [0.717, 1.165) is 29.8 Å². The quantitative estimate of drug-likeness (QED) is 0.813. The van der Waals surface area contributed by atoms with Crippen molar-refractivity contribution >= 4 is 11.6 Å². The second-order valence-corrected chi connectivity index (χ2v) is 4.56. The lowest BCUT2D eigenvalue weighted by molar-refractivity contribution is 0.717. The maximum Gasteiger partial charge on any atom is 0.136 e. The number of anilines is 2. The summed E-state index contributed by atoms with van der Waals surface area (Å²) >= 11 is 0. The summed E-state index contributed by atoms with van der Waals surface area (Å²) in [5.41, 5.74) is 6.73. The van der Waals surface area contributed by atoms with Crippen LogP contribution in [0.5, 0.6) is 0 Å². The molecule has 1 aliphatic rings. The second kappa shape index (κ2) is 3.68. The van der Waals surface area contributed by atoms with Gasteiger partial charge < -0.3 is 10.6 Å². The molecule has 1 aromatic heterocycles. The van der Waals surface area contributed by atoms with Gasteiger partial charge in [-0.1, -0.05) is 6.92 Å². The van der Waals surface area contributed by atoms with E-state index in [9.17, 15) is 0 Å². The first kappa shape index (κ1) is 10.2. The SMILES string of the molecule is Cc1c(N)ncnc1N(C)CC1CC1C. The fourth-order valence-corrected chi connectivity index (χ4v) is 1.93. The Balaban J connectivity index is 2.11. The molecule has 2 unspecified atom stereocenters. The van der Waals surface area contributed by atoms with E-state index in [1.165, 1.54) is 12.7 Å². The number of nitrogens with two attached hydrogens (primary N) is 1. The second-order valence-electron chi connectivity index (χ2n) is 4.56. The summed E-state index contributed by atoms with van der Waals surface area (Å²) in [6.45, 7) is 5.33. The van der Waals surface area contributed by atoms with E-state index in [-0.39, 0.29) is 0 Å². The molecule has 2 rings (SSSR count). The highest BCUT2D eigenvalue weighted by Gasteiger charge is 2.33. The Labute approximate surface area is 90.5 Å². The Bertz CT molecular complexity index is 364. The van der Waals surface area contributed by atoms with Crippen molar-refractivity contribution in [3.63, 3.8) is 0 Å². The van der Waals surface area contributed by atoms with Gasteiger partial charge in [0.25, 0.3) is 0 Å². The molecule has 1 aromatic rings. The van der Waals surface area contributed by atoms with Crippen LogP contribution in [0.25, 0.3) is 0 Å². The molecule has 0 amide bonds. The summed E-state index contributed by atoms with van der Waals surface area (Å²) in [6.07, 6.45) is 2.87. The smallest absolute Gasteiger partial charge is 0.136 e. The predicted octanol–water partition coefficient (Wildman–Crippen LogP) is 1.46. The molecule has 0 spiro atoms. The van der Waals surface area contributed by atoms with Crippen LogP contribution in [0, 0.1) is 18.8 Å². The van der Waals surface area contributed by atoms with E-state index in [1.54, 1.807) is 0 Å². The van der Waals surface area contributed by atoms with Crippen LogP contribution >= 0.6 is 0 Å². The molecule has 1 heterocycles. The van der Waals surface area contributed by atoms with Crippen LogP contribution < -0.4 is 10.6 Å². The molecule has 2 atom stereocenters. The van der Waals surface area contributed by atoms with Crippen LogP contribution in [0.4, 0.5) is 11.6 Å². The lowest BCUT2D eigenvalue weighted by atomic mass is 10.2. The van der Waals surface area contributed by atoms with Crippen molar-refractivity contribution in [3.05, 3.63) is 11.9 Å². The van der Waals surface area contributed by atoms with Crippen molar-refractivity contribution in [1.82, 2.24) is 9.97 Å². The molecule has 82 valence electrons. The van der Waals surface area contributed by atoms with Crippen molar-refractivity contribution < 1.29 is 0 Å². The molecule has 15 heavy (non-hydrogen) atoms. The van der Waals surface area contributed by atoms with E-state index < -0.39 is 0 Å². The molecule has 0 radical (unpaired) electrons. The van der Waals surface area contributed by atoms with Gasteiger partial charge in [-0.2, -0.15) is 0 Å². The van der Waals surface area contributed by atoms with E-state index in [0.29, 0.717) is 5.82 Å². The van der Waals surface area contributed by atoms with Crippen LogP contribution in [0.15, 0.2) is 6.33 Å². The van der Waals surface area contributed by atoms with Gasteiger partial charge in [-0.15, -0.1) is 0 Å². The van der Waals surface area contributed by atoms with Gasteiger partial charge >= 0.3 is 0 Å². The molecule has 1 fully saturated rings. The number of hydrogen-bond donors (Lipinski definition) is 1. The zero-order valence-electron chi connectivity index (χ0n) is 9.57. The Kier molecular flexibility index (Phi) is 2.50. The van der Waals surface area contributed by atoms with E-state index in [1.807, 2.05) is 6.92 Å². The third-order valence-corrected chi connectivity index (χ3v) is 3.24. The van der Waals surface area contributed by atoms with E-state index in [2.05, 4.69) is 28.8 Å². The maximum atomic E-state index is 5.75. The largest absolute Gasteiger partial charge is 0.383 e. The molecule has 0 saturated heterocycles. The Hall–Kier alpha value is -1.32. The van der Waals surface area contributed by atoms with Crippen LogP contribution in [-0.2, 0) is 0 Å². The molecule has 4 nitrogen and oxygen atoms in total. The standard InChI is InChI=1S/C11H18N4/c1-7-4-9(7)5-15(3)11-8(2)10(12)13-6-14-11/h6-7,9H,4-5H2,1-3H3,(H2,12,13,14). The summed E-state index contributed by atoms with van der Waals surface area (Å²) in [7, 11) is 2.07. The average Bonchev–Trinajstić information content (AvgIpc) is 2.86. The number of nitrogens with zero attached hydrogens (tertiary/aromatic N) is 3. The molecule has 2 N–H and O–H groups in total. The van der Waals surface area contributed by atoms with E-state index in [4.69, 9.17) is 5.73 Å². The molecule has 4 heteroatoms. The molecule has 0 bridgehead atoms. The van der Waals surface area contributed by atoms with Gasteiger partial charge in [-0.3, -0.25) is 0 Å². The van der Waals surface area contributed by atoms with Crippen LogP contribution in [0.1, 0.15) is 18.9 Å². The zero-order valence-corrected chi connectivity index (χ0v) is 9.57. The van der Waals surface area contributed by atoms with Crippen molar-refractivity contribution in [1.29, 1.82) is 0 Å². The summed E-state index contributed by atoms with van der Waals surface area (Å²) in [4.78, 5) is 10.4. The number of rotatable bonds is 3. The van der Waals surface area contributed by atoms with Gasteiger partial charge in [0.1, 0.15) is 18.0 Å². The van der Waals surface area contributed by atoms with Gasteiger partial charge in [0.2, 0.25) is 0 Å². The minimum Gasteiger partial charge on any atom is -0.383 e. The monoisotopic (exact) mass is 206 g/mol. The Morgan fingerprint density at radius 3 is 2.80 bits per heavy atom. The van der Waals surface area contributed by atoms with Crippen molar-refractivity contribution in [2.45, 2.75) is 20.3 Å². The van der Waals surface area contributed by atoms with E-state index >= 15 is 0 Å². The molecule has 1 saturated carbocycles. The van der Waals surface area contributed by atoms with Crippen molar-refractivity contribution in [2.75, 3.05) is 24.2 Å². The highest BCUT2D eigenvalue weighted by molar-refractivity contribution is 5.55. The Morgan fingerprint density at radius 2 is 2.20 bits per heavy atom. The number of nitrogen functional groups attached to an aromatic ring is 1. The highest BCUT2D eigenvalue weighted by atomic mass is 15.2. The summed E-state index contributed by atoms with van der Waals surface area (Å²) in [6, 6.07) is 0. The normalized spacial score (nSPS) is 23.9. The molecular formula is C11H18N4. The molecular weight excluding hydrogens is 188 g/mol. The first-order valence-corrected chi connectivity index (χ1v) is 5.37. The fourth-order valence-electron chi connectivity index (χ4n) is 1.93. The zero-order chi connectivity index (χ0) is 11.0. The molecule has 0 aliphatic heterocycles. The fraction of sp³-hybridized carbons (Fsp3) is 0.636. The van der Waals surface area contributed by atoms with Gasteiger partial charge in [0.05, 0.1) is 0 Å². The molecule has 0 aromatic carbocycles. The van der Waals surface area contributed by atoms with Crippen LogP contribution in [0.3, 0.4) is 0 Å². The van der Waals surface area contributed by atoms with Crippen LogP contribution in [0.2, 0.25) is 0 Å². The topological polar surface area (TPSA) is 55.0 Å². The third kappa shape index (κ3) is 2.03. The minimum atomic E-state index is 0.579. The maximum absolute atomic E-state index is 5.75. The first-order valence-electron chi connectivity index (χ1n) is 5.37. The highest BCUT2D eigenvalue weighted by Crippen LogP contribution is 2.38. The predicted molar refractivity (Wildman–Crippen MR) is 61.7 cm³/mol. The average molecular weight is 206 g/mol. The van der Waals surface area contributed by atoms with Crippen molar-refractivity contribution in [2.24, 2.45) is 11.8 Å². The lowest BCUT2D eigenvalue weighted by Gasteiger charge is -2.20. The summed E-state index contributed by atoms with van der Waals surface area (Å²) in [5.74, 6) is 3.23. The number of hydrogen-bond acceptors (Lipinski definition) is 4. The lowest BCUT2D eigenvalue weighted by Crippen LogP contribution is -2.23. The van der Waals surface area contributed by atoms with Gasteiger partial charge in [0.15, 0.2) is 0 Å². The first-order chi connectivity index (χ1) is 7.09. The summed E-state index contributed by atoms with van der Waals surface area (Å²) in [5, 5.41) is 0. The van der Waals surface area contributed by atoms with Gasteiger partial charge in [-0.05, 0) is 25.2 Å². The third-order valence-electron chi connectivity index (χ3n) is 3.24. The van der Waals surface area contributed by atoms with Crippen molar-refractivity contribution in [3.8, 4) is 0 Å². The van der Waals surface area contributed by atoms with Crippen LogP contribution in [-0.4, -0.2) is 23.6 Å². The Morgan fingerprint density at radius 1 is 1.53 bits per heavy atom. The van der Waals surface area contributed by atoms with Gasteiger partial charge in [0, 0.05) is 19.2 Å².